The molecule has 100 valence electrons. The van der Waals surface area contributed by atoms with Crippen LogP contribution in [0.25, 0.3) is 0 Å². The lowest BCUT2D eigenvalue weighted by atomic mass is 9.79. The van der Waals surface area contributed by atoms with Gasteiger partial charge in [0.15, 0.2) is 0 Å². The molecule has 2 aliphatic rings. The normalized spacial score (nSPS) is 32.1. The fraction of sp³-hybridized carbons (Fsp3) is 1.00. The largest absolute Gasteiger partial charge is 0.396 e. The van der Waals surface area contributed by atoms with Gasteiger partial charge < -0.3 is 10.4 Å². The number of nitrogens with one attached hydrogen (secondary N) is 1. The standard InChI is InChI=1S/C15H29NO/c1-12(9-13-5-4-6-13)16-10-14-7-2-3-8-15(14)11-17/h12-17H,2-11H2,1H3. The Balaban J connectivity index is 1.64. The van der Waals surface area contributed by atoms with E-state index in [1.54, 1.807) is 0 Å². The van der Waals surface area contributed by atoms with Crippen LogP contribution in [0.3, 0.4) is 0 Å². The summed E-state index contributed by atoms with van der Waals surface area (Å²) in [7, 11) is 0. The van der Waals surface area contributed by atoms with Gasteiger partial charge in [-0.15, -0.1) is 0 Å². The van der Waals surface area contributed by atoms with E-state index in [-0.39, 0.29) is 0 Å². The number of rotatable bonds is 6. The van der Waals surface area contributed by atoms with Crippen molar-refractivity contribution in [1.29, 1.82) is 0 Å². The highest BCUT2D eigenvalue weighted by Gasteiger charge is 2.25. The summed E-state index contributed by atoms with van der Waals surface area (Å²) in [6.45, 7) is 3.84. The Labute approximate surface area is 106 Å². The lowest BCUT2D eigenvalue weighted by molar-refractivity contribution is 0.129. The first-order chi connectivity index (χ1) is 8.29. The summed E-state index contributed by atoms with van der Waals surface area (Å²) >= 11 is 0. The third-order valence-corrected chi connectivity index (χ3v) is 4.94. The van der Waals surface area contributed by atoms with E-state index in [2.05, 4.69) is 12.2 Å². The van der Waals surface area contributed by atoms with E-state index in [1.807, 2.05) is 0 Å². The second kappa shape index (κ2) is 6.75. The summed E-state index contributed by atoms with van der Waals surface area (Å²) in [5.41, 5.74) is 0. The monoisotopic (exact) mass is 239 g/mol. The molecule has 2 fully saturated rings. The van der Waals surface area contributed by atoms with Gasteiger partial charge in [0.25, 0.3) is 0 Å². The van der Waals surface area contributed by atoms with Crippen molar-refractivity contribution in [1.82, 2.24) is 5.32 Å². The Kier molecular flexibility index (Phi) is 5.30. The van der Waals surface area contributed by atoms with Crippen LogP contribution in [-0.2, 0) is 0 Å². The molecule has 0 heterocycles. The Morgan fingerprint density at radius 1 is 1.06 bits per heavy atom. The molecule has 0 radical (unpaired) electrons. The van der Waals surface area contributed by atoms with Gasteiger partial charge in [0.1, 0.15) is 0 Å². The molecular formula is C15H29NO. The van der Waals surface area contributed by atoms with Crippen molar-refractivity contribution < 1.29 is 5.11 Å². The van der Waals surface area contributed by atoms with Crippen LogP contribution in [0.4, 0.5) is 0 Å². The summed E-state index contributed by atoms with van der Waals surface area (Å²) in [5, 5.41) is 13.1. The lowest BCUT2D eigenvalue weighted by Crippen LogP contribution is -2.38. The number of aliphatic hydroxyl groups is 1. The van der Waals surface area contributed by atoms with Crippen LogP contribution in [0.1, 0.15) is 58.3 Å². The molecule has 2 N–H and O–H groups in total. The summed E-state index contributed by atoms with van der Waals surface area (Å²) in [6, 6.07) is 0.668. The quantitative estimate of drug-likeness (QED) is 0.747. The van der Waals surface area contributed by atoms with Gasteiger partial charge in [0.2, 0.25) is 0 Å². The highest BCUT2D eigenvalue weighted by atomic mass is 16.3. The zero-order valence-corrected chi connectivity index (χ0v) is 11.3. The number of aliphatic hydroxyl groups excluding tert-OH is 1. The molecule has 17 heavy (non-hydrogen) atoms. The van der Waals surface area contributed by atoms with Crippen molar-refractivity contribution in [3.63, 3.8) is 0 Å². The summed E-state index contributed by atoms with van der Waals surface area (Å²) in [4.78, 5) is 0. The van der Waals surface area contributed by atoms with Gasteiger partial charge >= 0.3 is 0 Å². The van der Waals surface area contributed by atoms with Crippen LogP contribution >= 0.6 is 0 Å². The molecule has 0 aromatic rings. The van der Waals surface area contributed by atoms with E-state index in [9.17, 15) is 5.11 Å². The average Bonchev–Trinajstić information content (AvgIpc) is 2.31. The number of hydrogen-bond acceptors (Lipinski definition) is 2. The maximum absolute atomic E-state index is 9.39. The van der Waals surface area contributed by atoms with Gasteiger partial charge in [0.05, 0.1) is 0 Å². The van der Waals surface area contributed by atoms with Crippen molar-refractivity contribution in [3.8, 4) is 0 Å². The minimum absolute atomic E-state index is 0.392. The molecule has 0 spiro atoms. The second-order valence-corrected chi connectivity index (χ2v) is 6.33. The van der Waals surface area contributed by atoms with E-state index >= 15 is 0 Å². The van der Waals surface area contributed by atoms with Crippen molar-refractivity contribution in [2.24, 2.45) is 17.8 Å². The van der Waals surface area contributed by atoms with Crippen molar-refractivity contribution in [2.45, 2.75) is 64.3 Å². The first kappa shape index (κ1) is 13.4. The fourth-order valence-corrected chi connectivity index (χ4v) is 3.46. The highest BCUT2D eigenvalue weighted by molar-refractivity contribution is 4.79. The van der Waals surface area contributed by atoms with Gasteiger partial charge in [-0.3, -0.25) is 0 Å². The molecule has 0 saturated heterocycles. The second-order valence-electron chi connectivity index (χ2n) is 6.33. The maximum Gasteiger partial charge on any atom is 0.0462 e. The van der Waals surface area contributed by atoms with Crippen LogP contribution in [-0.4, -0.2) is 24.3 Å². The Hall–Kier alpha value is -0.0800. The third kappa shape index (κ3) is 3.96. The van der Waals surface area contributed by atoms with E-state index < -0.39 is 0 Å². The molecule has 0 aliphatic heterocycles. The molecule has 3 unspecified atom stereocenters. The van der Waals surface area contributed by atoms with Gasteiger partial charge in [-0.2, -0.15) is 0 Å². The zero-order chi connectivity index (χ0) is 12.1. The van der Waals surface area contributed by atoms with Crippen molar-refractivity contribution >= 4 is 0 Å². The molecule has 2 saturated carbocycles. The van der Waals surface area contributed by atoms with Crippen LogP contribution in [0, 0.1) is 17.8 Å². The Morgan fingerprint density at radius 3 is 2.35 bits per heavy atom. The first-order valence-electron chi connectivity index (χ1n) is 7.64. The maximum atomic E-state index is 9.39. The van der Waals surface area contributed by atoms with Gasteiger partial charge in [-0.05, 0) is 50.5 Å². The van der Waals surface area contributed by atoms with E-state index in [4.69, 9.17) is 0 Å². The summed E-state index contributed by atoms with van der Waals surface area (Å²) in [5.74, 6) is 2.28. The Bertz CT molecular complexity index is 215. The molecule has 0 bridgehead atoms. The van der Waals surface area contributed by atoms with Crippen LogP contribution < -0.4 is 5.32 Å². The molecule has 0 aromatic heterocycles. The van der Waals surface area contributed by atoms with Gasteiger partial charge in [-0.1, -0.05) is 32.1 Å². The van der Waals surface area contributed by atoms with Crippen LogP contribution in [0.15, 0.2) is 0 Å². The predicted octanol–water partition coefficient (Wildman–Crippen LogP) is 2.95. The molecule has 2 aliphatic carbocycles. The summed E-state index contributed by atoms with van der Waals surface area (Å²) < 4.78 is 0. The topological polar surface area (TPSA) is 32.3 Å². The SMILES string of the molecule is CC(CC1CCC1)NCC1CCCCC1CO. The van der Waals surface area contributed by atoms with Gasteiger partial charge in [-0.25, -0.2) is 0 Å². The molecule has 2 nitrogen and oxygen atoms in total. The molecular weight excluding hydrogens is 210 g/mol. The summed E-state index contributed by atoms with van der Waals surface area (Å²) in [6.07, 6.45) is 10.9. The first-order valence-corrected chi connectivity index (χ1v) is 7.64. The smallest absolute Gasteiger partial charge is 0.0462 e. The predicted molar refractivity (Wildman–Crippen MR) is 72.0 cm³/mol. The molecule has 2 heteroatoms. The Morgan fingerprint density at radius 2 is 1.76 bits per heavy atom. The lowest BCUT2D eigenvalue weighted by Gasteiger charge is -2.33. The van der Waals surface area contributed by atoms with Gasteiger partial charge in [0, 0.05) is 12.6 Å². The highest BCUT2D eigenvalue weighted by Crippen LogP contribution is 2.31. The molecule has 0 aromatic carbocycles. The van der Waals surface area contributed by atoms with E-state index in [0.29, 0.717) is 18.6 Å². The molecule has 3 atom stereocenters. The minimum Gasteiger partial charge on any atom is -0.396 e. The third-order valence-electron chi connectivity index (χ3n) is 4.94. The molecule has 0 amide bonds. The average molecular weight is 239 g/mol. The van der Waals surface area contributed by atoms with E-state index in [0.717, 1.165) is 18.4 Å². The molecule has 2 rings (SSSR count). The zero-order valence-electron chi connectivity index (χ0n) is 11.3. The van der Waals surface area contributed by atoms with E-state index in [1.165, 1.54) is 51.4 Å². The van der Waals surface area contributed by atoms with Crippen LogP contribution in [0.5, 0.6) is 0 Å². The number of hydrogen-bond donors (Lipinski definition) is 2. The van der Waals surface area contributed by atoms with Crippen molar-refractivity contribution in [3.05, 3.63) is 0 Å². The fourth-order valence-electron chi connectivity index (χ4n) is 3.46. The van der Waals surface area contributed by atoms with Crippen LogP contribution in [0.2, 0.25) is 0 Å². The van der Waals surface area contributed by atoms with Crippen molar-refractivity contribution in [2.75, 3.05) is 13.2 Å². The minimum atomic E-state index is 0.392.